The predicted molar refractivity (Wildman–Crippen MR) is 206 cm³/mol. The van der Waals surface area contributed by atoms with Crippen LogP contribution in [0.1, 0.15) is 0 Å². The summed E-state index contributed by atoms with van der Waals surface area (Å²) in [4.78, 5) is 0. The molecule has 0 aliphatic carbocycles. The number of ether oxygens (including phenoxy) is 19. The molecule has 1 rings (SSSR count). The lowest BCUT2D eigenvalue weighted by Crippen LogP contribution is -2.16. The van der Waals surface area contributed by atoms with E-state index >= 15 is 0 Å². The highest BCUT2D eigenvalue weighted by Crippen LogP contribution is 1.90. The SMILES string of the molecule is C1COCCOCCOCCOCCOCCOCCOCCOCCOCCOCCOCCOCCOCCOCCOCCOCCOCCOCCO1. The van der Waals surface area contributed by atoms with E-state index in [-0.39, 0.29) is 0 Å². The molecule has 0 amide bonds. The van der Waals surface area contributed by atoms with Crippen LogP contribution in [0.25, 0.3) is 0 Å². The molecule has 1 saturated heterocycles. The molecule has 342 valence electrons. The highest BCUT2D eigenvalue weighted by Gasteiger charge is 1.99. The van der Waals surface area contributed by atoms with Gasteiger partial charge in [-0.25, -0.2) is 0 Å². The van der Waals surface area contributed by atoms with Crippen LogP contribution in [0.15, 0.2) is 0 Å². The van der Waals surface area contributed by atoms with E-state index in [4.69, 9.17) is 90.0 Å². The molecule has 19 heteroatoms. The van der Waals surface area contributed by atoms with E-state index in [1.807, 2.05) is 0 Å². The van der Waals surface area contributed by atoms with Crippen LogP contribution in [0.5, 0.6) is 0 Å². The van der Waals surface area contributed by atoms with E-state index < -0.39 is 0 Å². The first kappa shape index (κ1) is 54.3. The molecule has 19 nitrogen and oxygen atoms in total. The van der Waals surface area contributed by atoms with Gasteiger partial charge in [0.1, 0.15) is 0 Å². The third kappa shape index (κ3) is 49.5. The van der Waals surface area contributed by atoms with Crippen molar-refractivity contribution in [1.29, 1.82) is 0 Å². The van der Waals surface area contributed by atoms with E-state index in [0.717, 1.165) is 0 Å². The zero-order valence-electron chi connectivity index (χ0n) is 34.6. The van der Waals surface area contributed by atoms with Crippen molar-refractivity contribution in [3.8, 4) is 0 Å². The topological polar surface area (TPSA) is 175 Å². The van der Waals surface area contributed by atoms with Crippen LogP contribution in [0.2, 0.25) is 0 Å². The van der Waals surface area contributed by atoms with Gasteiger partial charge >= 0.3 is 0 Å². The molecule has 0 aromatic heterocycles. The van der Waals surface area contributed by atoms with Crippen LogP contribution < -0.4 is 0 Å². The van der Waals surface area contributed by atoms with E-state index in [1.165, 1.54) is 0 Å². The Hall–Kier alpha value is -0.760. The van der Waals surface area contributed by atoms with Gasteiger partial charge in [-0.05, 0) is 0 Å². The molecule has 1 fully saturated rings. The molecule has 0 aromatic rings. The second-order valence-electron chi connectivity index (χ2n) is 11.6. The molecular formula is C38H76O19. The van der Waals surface area contributed by atoms with Gasteiger partial charge in [0.05, 0.1) is 251 Å². The van der Waals surface area contributed by atoms with Crippen molar-refractivity contribution in [2.24, 2.45) is 0 Å². The van der Waals surface area contributed by atoms with Gasteiger partial charge in [0.25, 0.3) is 0 Å². The lowest BCUT2D eigenvalue weighted by Gasteiger charge is -2.09. The summed E-state index contributed by atoms with van der Waals surface area (Å²) in [5.74, 6) is 0. The first-order valence-electron chi connectivity index (χ1n) is 20.5. The Balaban J connectivity index is 2.00. The minimum Gasteiger partial charge on any atom is -0.377 e. The zero-order valence-corrected chi connectivity index (χ0v) is 34.6. The molecular weight excluding hydrogens is 760 g/mol. The maximum Gasteiger partial charge on any atom is 0.0701 e. The van der Waals surface area contributed by atoms with E-state index in [1.54, 1.807) is 0 Å². The summed E-state index contributed by atoms with van der Waals surface area (Å²) in [6.07, 6.45) is 0. The monoisotopic (exact) mass is 836 g/mol. The van der Waals surface area contributed by atoms with Gasteiger partial charge < -0.3 is 90.0 Å². The lowest BCUT2D eigenvalue weighted by atomic mass is 10.6. The summed E-state index contributed by atoms with van der Waals surface area (Å²) in [5, 5.41) is 0. The molecule has 0 bridgehead atoms. The Kier molecular flexibility index (Phi) is 48.9. The minimum absolute atomic E-state index is 0.499. The Bertz CT molecular complexity index is 385. The predicted octanol–water partition coefficient (Wildman–Crippen LogP) is 0.315. The molecule has 1 aliphatic heterocycles. The van der Waals surface area contributed by atoms with Gasteiger partial charge in [-0.15, -0.1) is 0 Å². The van der Waals surface area contributed by atoms with Crippen LogP contribution in [0, 0.1) is 0 Å². The molecule has 0 saturated carbocycles. The first-order chi connectivity index (χ1) is 28.5. The summed E-state index contributed by atoms with van der Waals surface area (Å²) in [6.45, 7) is 19.0. The molecule has 0 aromatic carbocycles. The van der Waals surface area contributed by atoms with Gasteiger partial charge in [-0.2, -0.15) is 0 Å². The lowest BCUT2D eigenvalue weighted by molar-refractivity contribution is -0.0309. The van der Waals surface area contributed by atoms with Crippen LogP contribution in [-0.2, 0) is 90.0 Å². The van der Waals surface area contributed by atoms with Crippen LogP contribution in [0.4, 0.5) is 0 Å². The number of hydrogen-bond donors (Lipinski definition) is 0. The molecule has 1 heterocycles. The Labute approximate surface area is 340 Å². The third-order valence-corrected chi connectivity index (χ3v) is 7.07. The van der Waals surface area contributed by atoms with Gasteiger partial charge in [-0.1, -0.05) is 0 Å². The number of hydrogen-bond acceptors (Lipinski definition) is 19. The molecule has 0 unspecified atom stereocenters. The van der Waals surface area contributed by atoms with Crippen molar-refractivity contribution in [3.63, 3.8) is 0 Å². The van der Waals surface area contributed by atoms with E-state index in [0.29, 0.717) is 251 Å². The van der Waals surface area contributed by atoms with Crippen LogP contribution in [-0.4, -0.2) is 251 Å². The van der Waals surface area contributed by atoms with Crippen LogP contribution >= 0.6 is 0 Å². The summed E-state index contributed by atoms with van der Waals surface area (Å²) in [7, 11) is 0. The quantitative estimate of drug-likeness (QED) is 0.326. The summed E-state index contributed by atoms with van der Waals surface area (Å²) in [5.41, 5.74) is 0. The molecule has 1 aliphatic rings. The van der Waals surface area contributed by atoms with Gasteiger partial charge in [-0.3, -0.25) is 0 Å². The Morgan fingerprint density at radius 3 is 0.140 bits per heavy atom. The standard InChI is InChI=1S/C38H76O19/c1-2-40-5-6-42-9-10-44-13-14-46-17-18-48-21-22-50-25-26-52-29-30-54-33-34-56-37-38-57-36-35-55-32-31-53-28-27-51-24-23-49-20-19-47-16-15-45-12-11-43-8-7-41-4-3-39-1/h1-38H2. The van der Waals surface area contributed by atoms with Gasteiger partial charge in [0.2, 0.25) is 0 Å². The number of rotatable bonds is 0. The average Bonchev–Trinajstić information content (AvgIpc) is 3.22. The second-order valence-corrected chi connectivity index (χ2v) is 11.6. The smallest absolute Gasteiger partial charge is 0.0701 e. The van der Waals surface area contributed by atoms with Crippen molar-refractivity contribution in [2.75, 3.05) is 251 Å². The molecule has 0 spiro atoms. The fourth-order valence-electron chi connectivity index (χ4n) is 4.18. The van der Waals surface area contributed by atoms with E-state index in [2.05, 4.69) is 0 Å². The summed E-state index contributed by atoms with van der Waals surface area (Å²) < 4.78 is 105. The molecule has 57 heavy (non-hydrogen) atoms. The fraction of sp³-hybridized carbons (Fsp3) is 1.00. The second kappa shape index (κ2) is 51.4. The minimum atomic E-state index is 0.499. The molecule has 0 atom stereocenters. The Morgan fingerprint density at radius 1 is 0.0702 bits per heavy atom. The molecule has 0 radical (unpaired) electrons. The van der Waals surface area contributed by atoms with Gasteiger partial charge in [0.15, 0.2) is 0 Å². The first-order valence-corrected chi connectivity index (χ1v) is 20.5. The average molecular weight is 837 g/mol. The van der Waals surface area contributed by atoms with Crippen molar-refractivity contribution in [1.82, 2.24) is 0 Å². The van der Waals surface area contributed by atoms with E-state index in [9.17, 15) is 0 Å². The third-order valence-electron chi connectivity index (χ3n) is 7.07. The Morgan fingerprint density at radius 2 is 0.105 bits per heavy atom. The molecule has 0 N–H and O–H groups in total. The van der Waals surface area contributed by atoms with Crippen molar-refractivity contribution < 1.29 is 90.0 Å². The van der Waals surface area contributed by atoms with Crippen molar-refractivity contribution in [2.45, 2.75) is 0 Å². The van der Waals surface area contributed by atoms with Crippen molar-refractivity contribution in [3.05, 3.63) is 0 Å². The zero-order chi connectivity index (χ0) is 40.3. The van der Waals surface area contributed by atoms with Crippen molar-refractivity contribution >= 4 is 0 Å². The fourth-order valence-corrected chi connectivity index (χ4v) is 4.18. The highest BCUT2D eigenvalue weighted by molar-refractivity contribution is 4.41. The van der Waals surface area contributed by atoms with Gasteiger partial charge in [0, 0.05) is 0 Å². The largest absolute Gasteiger partial charge is 0.377 e. The maximum atomic E-state index is 5.50. The maximum absolute atomic E-state index is 5.50. The van der Waals surface area contributed by atoms with Crippen LogP contribution in [0.3, 0.4) is 0 Å². The highest BCUT2D eigenvalue weighted by atomic mass is 16.6. The summed E-state index contributed by atoms with van der Waals surface area (Å²) >= 11 is 0. The summed E-state index contributed by atoms with van der Waals surface area (Å²) in [6, 6.07) is 0. The normalized spacial score (nSPS) is 24.0.